The number of amides is 1. The summed E-state index contributed by atoms with van der Waals surface area (Å²) >= 11 is 5.97. The monoisotopic (exact) mass is 349 g/mol. The summed E-state index contributed by atoms with van der Waals surface area (Å²) in [7, 11) is 0. The SMILES string of the molecule is O=C(N1C[C@@H]2COC[C@]2(C(=O)O)C1)C1(c2ccc(Cl)cc2)CCC1. The third kappa shape index (κ3) is 2.11. The highest BCUT2D eigenvalue weighted by Gasteiger charge is 2.59. The normalized spacial score (nSPS) is 30.7. The number of rotatable bonds is 3. The van der Waals surface area contributed by atoms with Crippen molar-refractivity contribution in [2.75, 3.05) is 26.3 Å². The van der Waals surface area contributed by atoms with Crippen molar-refractivity contribution >= 4 is 23.5 Å². The zero-order valence-corrected chi connectivity index (χ0v) is 14.1. The van der Waals surface area contributed by atoms with Gasteiger partial charge in [-0.1, -0.05) is 30.2 Å². The van der Waals surface area contributed by atoms with Crippen LogP contribution in [0, 0.1) is 11.3 Å². The zero-order chi connectivity index (χ0) is 16.9. The number of carbonyl (C=O) groups is 2. The Morgan fingerprint density at radius 2 is 1.96 bits per heavy atom. The van der Waals surface area contributed by atoms with E-state index >= 15 is 0 Å². The van der Waals surface area contributed by atoms with E-state index in [-0.39, 0.29) is 25.0 Å². The molecule has 0 bridgehead atoms. The number of carbonyl (C=O) groups excluding carboxylic acids is 1. The number of nitrogens with zero attached hydrogens (tertiary/aromatic N) is 1. The van der Waals surface area contributed by atoms with Crippen LogP contribution in [0.3, 0.4) is 0 Å². The van der Waals surface area contributed by atoms with Gasteiger partial charge in [-0.15, -0.1) is 0 Å². The standard InChI is InChI=1S/C18H20ClNO4/c19-14-4-2-12(3-5-14)17(6-1-7-17)15(21)20-8-13-9-24-11-18(13,10-20)16(22)23/h2-5,13H,1,6-11H2,(H,22,23)/t13-,18-/m1/s1. The van der Waals surface area contributed by atoms with Crippen LogP contribution in [0.4, 0.5) is 0 Å². The predicted octanol–water partition coefficient (Wildman–Crippen LogP) is 2.32. The second-order valence-electron chi connectivity index (χ2n) is 7.30. The number of hydrogen-bond acceptors (Lipinski definition) is 3. The lowest BCUT2D eigenvalue weighted by atomic mass is 9.63. The van der Waals surface area contributed by atoms with Gasteiger partial charge < -0.3 is 14.7 Å². The van der Waals surface area contributed by atoms with Crippen LogP contribution in [-0.2, 0) is 19.7 Å². The van der Waals surface area contributed by atoms with Gasteiger partial charge in [-0.3, -0.25) is 9.59 Å². The number of ether oxygens (including phenoxy) is 1. The summed E-state index contributed by atoms with van der Waals surface area (Å²) in [6, 6.07) is 7.48. The molecule has 128 valence electrons. The van der Waals surface area contributed by atoms with Crippen LogP contribution in [0.15, 0.2) is 24.3 Å². The molecule has 1 aromatic rings. The zero-order valence-electron chi connectivity index (χ0n) is 13.3. The van der Waals surface area contributed by atoms with E-state index in [1.54, 1.807) is 4.90 Å². The van der Waals surface area contributed by atoms with E-state index in [2.05, 4.69) is 0 Å². The first-order valence-electron chi connectivity index (χ1n) is 8.35. The highest BCUT2D eigenvalue weighted by Crippen LogP contribution is 2.48. The average Bonchev–Trinajstić information content (AvgIpc) is 3.05. The maximum Gasteiger partial charge on any atom is 0.314 e. The molecular formula is C18H20ClNO4. The first-order valence-corrected chi connectivity index (χ1v) is 8.72. The van der Waals surface area contributed by atoms with Crippen LogP contribution < -0.4 is 0 Å². The number of fused-ring (bicyclic) bond motifs is 1. The number of carboxylic acids is 1. The third-order valence-corrected chi connectivity index (χ3v) is 6.35. The molecule has 24 heavy (non-hydrogen) atoms. The molecule has 0 spiro atoms. The Bertz CT molecular complexity index is 685. The summed E-state index contributed by atoms with van der Waals surface area (Å²) in [6.45, 7) is 1.34. The van der Waals surface area contributed by atoms with Crippen LogP contribution in [0.25, 0.3) is 0 Å². The van der Waals surface area contributed by atoms with Gasteiger partial charge in [0.15, 0.2) is 0 Å². The van der Waals surface area contributed by atoms with Crippen LogP contribution in [0.1, 0.15) is 24.8 Å². The van der Waals surface area contributed by atoms with Gasteiger partial charge in [0.2, 0.25) is 5.91 Å². The minimum Gasteiger partial charge on any atom is -0.481 e. The van der Waals surface area contributed by atoms with Crippen molar-refractivity contribution in [1.29, 1.82) is 0 Å². The second kappa shape index (κ2) is 5.46. The van der Waals surface area contributed by atoms with Crippen LogP contribution in [-0.4, -0.2) is 48.2 Å². The van der Waals surface area contributed by atoms with Crippen molar-refractivity contribution in [1.82, 2.24) is 4.90 Å². The number of carboxylic acid groups (broad SMARTS) is 1. The lowest BCUT2D eigenvalue weighted by Crippen LogP contribution is -2.51. The van der Waals surface area contributed by atoms with Gasteiger partial charge in [-0.05, 0) is 30.5 Å². The third-order valence-electron chi connectivity index (χ3n) is 6.10. The van der Waals surface area contributed by atoms with Crippen molar-refractivity contribution in [3.63, 3.8) is 0 Å². The Balaban J connectivity index is 1.61. The van der Waals surface area contributed by atoms with E-state index < -0.39 is 16.8 Å². The molecule has 1 amide bonds. The van der Waals surface area contributed by atoms with E-state index in [1.165, 1.54) is 0 Å². The molecule has 4 rings (SSSR count). The molecule has 6 heteroatoms. The molecule has 1 aliphatic carbocycles. The minimum absolute atomic E-state index is 0.0612. The predicted molar refractivity (Wildman–Crippen MR) is 87.9 cm³/mol. The van der Waals surface area contributed by atoms with Crippen molar-refractivity contribution < 1.29 is 19.4 Å². The molecular weight excluding hydrogens is 330 g/mol. The summed E-state index contributed by atoms with van der Waals surface area (Å²) in [5.41, 5.74) is -0.453. The van der Waals surface area contributed by atoms with E-state index in [0.717, 1.165) is 24.8 Å². The van der Waals surface area contributed by atoms with E-state index in [0.29, 0.717) is 18.2 Å². The fourth-order valence-corrected chi connectivity index (χ4v) is 4.55. The highest BCUT2D eigenvalue weighted by atomic mass is 35.5. The Kier molecular flexibility index (Phi) is 3.62. The van der Waals surface area contributed by atoms with Crippen LogP contribution in [0.2, 0.25) is 5.02 Å². The Morgan fingerprint density at radius 1 is 1.25 bits per heavy atom. The van der Waals surface area contributed by atoms with Gasteiger partial charge in [-0.25, -0.2) is 0 Å². The Hall–Kier alpha value is -1.59. The summed E-state index contributed by atoms with van der Waals surface area (Å²) in [6.07, 6.45) is 2.63. The molecule has 3 fully saturated rings. The Labute approximate surface area is 145 Å². The summed E-state index contributed by atoms with van der Waals surface area (Å²) in [5, 5.41) is 10.3. The maximum atomic E-state index is 13.3. The summed E-state index contributed by atoms with van der Waals surface area (Å²) < 4.78 is 5.39. The average molecular weight is 350 g/mol. The van der Waals surface area contributed by atoms with Crippen molar-refractivity contribution in [2.24, 2.45) is 11.3 Å². The molecule has 2 saturated heterocycles. The number of benzene rings is 1. The van der Waals surface area contributed by atoms with Gasteiger partial charge in [0, 0.05) is 24.0 Å². The number of halogens is 1. The van der Waals surface area contributed by atoms with Gasteiger partial charge >= 0.3 is 5.97 Å². The molecule has 2 atom stereocenters. The van der Waals surface area contributed by atoms with E-state index in [4.69, 9.17) is 16.3 Å². The fourth-order valence-electron chi connectivity index (χ4n) is 4.42. The molecule has 2 heterocycles. The number of aliphatic carboxylic acids is 1. The number of hydrogen-bond donors (Lipinski definition) is 1. The minimum atomic E-state index is -0.930. The van der Waals surface area contributed by atoms with Crippen LogP contribution in [0.5, 0.6) is 0 Å². The first-order chi connectivity index (χ1) is 11.5. The molecule has 3 aliphatic rings. The van der Waals surface area contributed by atoms with Crippen molar-refractivity contribution in [2.45, 2.75) is 24.7 Å². The quantitative estimate of drug-likeness (QED) is 0.909. The topological polar surface area (TPSA) is 66.8 Å². The molecule has 0 aromatic heterocycles. The molecule has 1 N–H and O–H groups in total. The van der Waals surface area contributed by atoms with Crippen LogP contribution >= 0.6 is 11.6 Å². The molecule has 0 unspecified atom stereocenters. The van der Waals surface area contributed by atoms with Gasteiger partial charge in [-0.2, -0.15) is 0 Å². The highest BCUT2D eigenvalue weighted by molar-refractivity contribution is 6.30. The molecule has 5 nitrogen and oxygen atoms in total. The van der Waals surface area contributed by atoms with Gasteiger partial charge in [0.25, 0.3) is 0 Å². The van der Waals surface area contributed by atoms with Gasteiger partial charge in [0.05, 0.1) is 18.6 Å². The van der Waals surface area contributed by atoms with Gasteiger partial charge in [0.1, 0.15) is 5.41 Å². The second-order valence-corrected chi connectivity index (χ2v) is 7.74. The summed E-state index contributed by atoms with van der Waals surface area (Å²) in [4.78, 5) is 26.8. The first kappa shape index (κ1) is 15.9. The van der Waals surface area contributed by atoms with E-state index in [9.17, 15) is 14.7 Å². The van der Waals surface area contributed by atoms with Crippen molar-refractivity contribution in [3.8, 4) is 0 Å². The molecule has 0 radical (unpaired) electrons. The summed E-state index contributed by atoms with van der Waals surface area (Å²) in [5.74, 6) is -0.901. The Morgan fingerprint density at radius 3 is 2.50 bits per heavy atom. The molecule has 2 aliphatic heterocycles. The smallest absolute Gasteiger partial charge is 0.314 e. The van der Waals surface area contributed by atoms with E-state index in [1.807, 2.05) is 24.3 Å². The van der Waals surface area contributed by atoms with Crippen molar-refractivity contribution in [3.05, 3.63) is 34.9 Å². The largest absolute Gasteiger partial charge is 0.481 e. The number of likely N-dealkylation sites (tertiary alicyclic amines) is 1. The lowest BCUT2D eigenvalue weighted by molar-refractivity contribution is -0.150. The molecule has 1 saturated carbocycles. The molecule has 1 aromatic carbocycles. The fraction of sp³-hybridized carbons (Fsp3) is 0.556. The maximum absolute atomic E-state index is 13.3. The lowest BCUT2D eigenvalue weighted by Gasteiger charge is -2.43.